The predicted octanol–water partition coefficient (Wildman–Crippen LogP) is 6.04. The fourth-order valence-corrected chi connectivity index (χ4v) is 3.70. The Hall–Kier alpha value is -3.42. The van der Waals surface area contributed by atoms with Gasteiger partial charge in [0, 0.05) is 10.9 Å². The first-order valence-corrected chi connectivity index (χ1v) is 9.36. The van der Waals surface area contributed by atoms with Gasteiger partial charge < -0.3 is 4.74 Å². The van der Waals surface area contributed by atoms with Gasteiger partial charge in [-0.1, -0.05) is 48.5 Å². The average molecular weight is 368 g/mol. The standard InChI is InChI=1S/C23H16N2OS/c1-26-21-10-9-18-11-16(7-8-19(18)13-21)12-20(14-24)23-25-22(15-27-23)17-5-3-2-4-6-17/h2-13,15H,1H3/b20-12+. The summed E-state index contributed by atoms with van der Waals surface area (Å²) in [5.74, 6) is 0.833. The molecular formula is C23H16N2OS. The van der Waals surface area contributed by atoms with Crippen LogP contribution in [-0.4, -0.2) is 12.1 Å². The third-order valence-corrected chi connectivity index (χ3v) is 5.18. The molecule has 3 aromatic carbocycles. The number of rotatable bonds is 4. The summed E-state index contributed by atoms with van der Waals surface area (Å²) in [5, 5.41) is 14.6. The van der Waals surface area contributed by atoms with Crippen molar-refractivity contribution >= 4 is 33.8 Å². The zero-order valence-corrected chi connectivity index (χ0v) is 15.5. The number of thiazole rings is 1. The predicted molar refractivity (Wildman–Crippen MR) is 112 cm³/mol. The van der Waals surface area contributed by atoms with Gasteiger partial charge in [-0.05, 0) is 40.6 Å². The van der Waals surface area contributed by atoms with Crippen LogP contribution in [0.15, 0.2) is 72.1 Å². The molecule has 4 heteroatoms. The summed E-state index contributed by atoms with van der Waals surface area (Å²) in [6.45, 7) is 0. The molecule has 0 aliphatic heterocycles. The monoisotopic (exact) mass is 368 g/mol. The van der Waals surface area contributed by atoms with Crippen LogP contribution in [0, 0.1) is 11.3 Å². The summed E-state index contributed by atoms with van der Waals surface area (Å²) >= 11 is 1.49. The molecule has 1 aromatic heterocycles. The van der Waals surface area contributed by atoms with E-state index >= 15 is 0 Å². The second-order valence-corrected chi connectivity index (χ2v) is 6.90. The maximum absolute atomic E-state index is 9.63. The number of aromatic nitrogens is 1. The van der Waals surface area contributed by atoms with Crippen LogP contribution in [0.1, 0.15) is 10.6 Å². The Kier molecular flexibility index (Phi) is 4.69. The van der Waals surface area contributed by atoms with Gasteiger partial charge >= 0.3 is 0 Å². The SMILES string of the molecule is COc1ccc2cc(/C=C(\C#N)c3nc(-c4ccccc4)cs3)ccc2c1. The molecular weight excluding hydrogens is 352 g/mol. The zero-order chi connectivity index (χ0) is 18.6. The van der Waals surface area contributed by atoms with Gasteiger partial charge in [0.15, 0.2) is 0 Å². The highest BCUT2D eigenvalue weighted by atomic mass is 32.1. The number of methoxy groups -OCH3 is 1. The Balaban J connectivity index is 1.68. The summed E-state index contributed by atoms with van der Waals surface area (Å²) in [5.41, 5.74) is 3.48. The van der Waals surface area contributed by atoms with Gasteiger partial charge in [-0.2, -0.15) is 5.26 Å². The highest BCUT2D eigenvalue weighted by molar-refractivity contribution is 7.11. The van der Waals surface area contributed by atoms with Gasteiger partial charge in [0.25, 0.3) is 0 Å². The van der Waals surface area contributed by atoms with E-state index < -0.39 is 0 Å². The lowest BCUT2D eigenvalue weighted by molar-refractivity contribution is 0.415. The normalized spacial score (nSPS) is 11.3. The Bertz CT molecular complexity index is 1170. The fourth-order valence-electron chi connectivity index (χ4n) is 2.91. The van der Waals surface area contributed by atoms with Crippen LogP contribution >= 0.6 is 11.3 Å². The lowest BCUT2D eigenvalue weighted by atomic mass is 10.0. The molecule has 130 valence electrons. The lowest BCUT2D eigenvalue weighted by Gasteiger charge is -2.04. The summed E-state index contributed by atoms with van der Waals surface area (Å²) in [6.07, 6.45) is 1.89. The minimum absolute atomic E-state index is 0.565. The molecule has 0 bridgehead atoms. The average Bonchev–Trinajstić information content (AvgIpc) is 3.22. The maximum Gasteiger partial charge on any atom is 0.134 e. The first-order valence-electron chi connectivity index (χ1n) is 8.48. The van der Waals surface area contributed by atoms with E-state index in [1.54, 1.807) is 7.11 Å². The topological polar surface area (TPSA) is 45.9 Å². The molecule has 3 nitrogen and oxygen atoms in total. The molecule has 1 heterocycles. The number of allylic oxidation sites excluding steroid dienone is 1. The lowest BCUT2D eigenvalue weighted by Crippen LogP contribution is -1.84. The molecule has 0 N–H and O–H groups in total. The first-order chi connectivity index (χ1) is 13.3. The van der Waals surface area contributed by atoms with Gasteiger partial charge in [-0.3, -0.25) is 0 Å². The molecule has 0 unspecified atom stereocenters. The van der Waals surface area contributed by atoms with Crippen LogP contribution in [0.3, 0.4) is 0 Å². The van der Waals surface area contributed by atoms with Crippen molar-refractivity contribution in [2.75, 3.05) is 7.11 Å². The number of nitrogens with zero attached hydrogens (tertiary/aromatic N) is 2. The van der Waals surface area contributed by atoms with Gasteiger partial charge in [0.05, 0.1) is 18.4 Å². The number of fused-ring (bicyclic) bond motifs is 1. The van der Waals surface area contributed by atoms with Crippen molar-refractivity contribution in [2.45, 2.75) is 0 Å². The third-order valence-electron chi connectivity index (χ3n) is 4.31. The van der Waals surface area contributed by atoms with Crippen molar-refractivity contribution < 1.29 is 4.74 Å². The van der Waals surface area contributed by atoms with Gasteiger partial charge in [0.2, 0.25) is 0 Å². The molecule has 4 rings (SSSR count). The van der Waals surface area contributed by atoms with Gasteiger partial charge in [-0.25, -0.2) is 4.98 Å². The highest BCUT2D eigenvalue weighted by Crippen LogP contribution is 2.28. The van der Waals surface area contributed by atoms with Crippen LogP contribution in [0.4, 0.5) is 0 Å². The van der Waals surface area contributed by atoms with Crippen molar-refractivity contribution in [2.24, 2.45) is 0 Å². The second-order valence-electron chi connectivity index (χ2n) is 6.05. The molecule has 0 aliphatic rings. The van der Waals surface area contributed by atoms with E-state index in [2.05, 4.69) is 17.1 Å². The molecule has 0 amide bonds. The summed E-state index contributed by atoms with van der Waals surface area (Å²) < 4.78 is 5.27. The fraction of sp³-hybridized carbons (Fsp3) is 0.0435. The van der Waals surface area contributed by atoms with Gasteiger partial charge in [-0.15, -0.1) is 11.3 Å². The van der Waals surface area contributed by atoms with Crippen molar-refractivity contribution in [1.82, 2.24) is 4.98 Å². The Labute approximate surface area is 161 Å². The molecule has 0 saturated carbocycles. The van der Waals surface area contributed by atoms with E-state index in [1.807, 2.05) is 72.1 Å². The van der Waals surface area contributed by atoms with Crippen molar-refractivity contribution in [1.29, 1.82) is 5.26 Å². The molecule has 0 radical (unpaired) electrons. The quantitative estimate of drug-likeness (QED) is 0.413. The van der Waals surface area contributed by atoms with E-state index in [-0.39, 0.29) is 0 Å². The molecule has 0 aliphatic carbocycles. The molecule has 0 saturated heterocycles. The van der Waals surface area contributed by atoms with E-state index in [0.717, 1.165) is 38.4 Å². The maximum atomic E-state index is 9.63. The van der Waals surface area contributed by atoms with E-state index in [1.165, 1.54) is 11.3 Å². The highest BCUT2D eigenvalue weighted by Gasteiger charge is 2.09. The Morgan fingerprint density at radius 3 is 2.59 bits per heavy atom. The molecule has 0 atom stereocenters. The van der Waals surface area contributed by atoms with E-state index in [0.29, 0.717) is 5.57 Å². The zero-order valence-electron chi connectivity index (χ0n) is 14.7. The van der Waals surface area contributed by atoms with Gasteiger partial charge in [0.1, 0.15) is 16.8 Å². The molecule has 4 aromatic rings. The number of nitriles is 1. The van der Waals surface area contributed by atoms with Crippen LogP contribution in [-0.2, 0) is 0 Å². The summed E-state index contributed by atoms with van der Waals surface area (Å²) in [6, 6.07) is 24.3. The number of hydrogen-bond acceptors (Lipinski definition) is 4. The van der Waals surface area contributed by atoms with E-state index in [9.17, 15) is 5.26 Å². The minimum Gasteiger partial charge on any atom is -0.497 e. The number of benzene rings is 3. The Morgan fingerprint density at radius 2 is 1.81 bits per heavy atom. The minimum atomic E-state index is 0.565. The number of hydrogen-bond donors (Lipinski definition) is 0. The molecule has 0 fully saturated rings. The van der Waals surface area contributed by atoms with E-state index in [4.69, 9.17) is 4.74 Å². The van der Waals surface area contributed by atoms with Crippen LogP contribution in [0.2, 0.25) is 0 Å². The smallest absolute Gasteiger partial charge is 0.134 e. The first kappa shape index (κ1) is 17.0. The van der Waals surface area contributed by atoms with Crippen LogP contribution < -0.4 is 4.74 Å². The Morgan fingerprint density at radius 1 is 1.04 bits per heavy atom. The largest absolute Gasteiger partial charge is 0.497 e. The van der Waals surface area contributed by atoms with Crippen molar-refractivity contribution in [3.8, 4) is 23.1 Å². The number of ether oxygens (including phenoxy) is 1. The second kappa shape index (κ2) is 7.45. The summed E-state index contributed by atoms with van der Waals surface area (Å²) in [7, 11) is 1.66. The summed E-state index contributed by atoms with van der Waals surface area (Å²) in [4.78, 5) is 4.64. The van der Waals surface area contributed by atoms with Crippen LogP contribution in [0.25, 0.3) is 33.7 Å². The van der Waals surface area contributed by atoms with Crippen LogP contribution in [0.5, 0.6) is 5.75 Å². The van der Waals surface area contributed by atoms with Crippen molar-refractivity contribution in [3.05, 3.63) is 82.7 Å². The molecule has 27 heavy (non-hydrogen) atoms. The van der Waals surface area contributed by atoms with Crippen molar-refractivity contribution in [3.63, 3.8) is 0 Å². The third kappa shape index (κ3) is 3.59. The molecule has 0 spiro atoms.